The van der Waals surface area contributed by atoms with Gasteiger partial charge in [-0.15, -0.1) is 11.3 Å². The Morgan fingerprint density at radius 1 is 1.50 bits per heavy atom. The maximum absolute atomic E-state index is 10.2. The molecule has 3 heteroatoms. The lowest BCUT2D eigenvalue weighted by molar-refractivity contribution is 0.174. The van der Waals surface area contributed by atoms with Crippen molar-refractivity contribution in [3.63, 3.8) is 0 Å². The number of nitrogens with zero attached hydrogens (tertiary/aromatic N) is 1. The average Bonchev–Trinajstić information content (AvgIpc) is 2.73. The van der Waals surface area contributed by atoms with Crippen molar-refractivity contribution in [3.05, 3.63) is 46.0 Å². The largest absolute Gasteiger partial charge is 0.388 e. The summed E-state index contributed by atoms with van der Waals surface area (Å²) < 4.78 is 0. The van der Waals surface area contributed by atoms with Crippen LogP contribution in [0.5, 0.6) is 0 Å². The molecule has 0 saturated heterocycles. The summed E-state index contributed by atoms with van der Waals surface area (Å²) >= 11 is 1.62. The van der Waals surface area contributed by atoms with Crippen LogP contribution in [-0.2, 0) is 0 Å². The molecular weight excluding hydrogens is 242 g/mol. The Bertz CT molecular complexity index is 471. The third-order valence-electron chi connectivity index (χ3n) is 2.82. The van der Waals surface area contributed by atoms with Crippen molar-refractivity contribution in [3.8, 4) is 0 Å². The summed E-state index contributed by atoms with van der Waals surface area (Å²) in [5.74, 6) is 0.0685. The Hall–Kier alpha value is -1.19. The van der Waals surface area contributed by atoms with Gasteiger partial charge in [-0.2, -0.15) is 0 Å². The van der Waals surface area contributed by atoms with Crippen LogP contribution in [0.4, 0.5) is 0 Å². The highest BCUT2D eigenvalue weighted by molar-refractivity contribution is 7.09. The van der Waals surface area contributed by atoms with Gasteiger partial charge < -0.3 is 5.11 Å². The zero-order chi connectivity index (χ0) is 13.7. The second kappa shape index (κ2) is 6.66. The van der Waals surface area contributed by atoms with Crippen molar-refractivity contribution < 1.29 is 5.11 Å². The molecule has 2 nitrogen and oxygen atoms in total. The molecule has 0 amide bonds. The highest BCUT2D eigenvalue weighted by atomic mass is 32.1. The summed E-state index contributed by atoms with van der Waals surface area (Å²) in [5, 5.41) is 13.3. The minimum atomic E-state index is -0.484. The lowest BCUT2D eigenvalue weighted by Gasteiger charge is -2.16. The first-order valence-electron chi connectivity index (χ1n) is 6.03. The van der Waals surface area contributed by atoms with E-state index in [1.165, 1.54) is 0 Å². The molecule has 18 heavy (non-hydrogen) atoms. The Morgan fingerprint density at radius 2 is 2.17 bits per heavy atom. The van der Waals surface area contributed by atoms with E-state index >= 15 is 0 Å². The number of hydrogen-bond donors (Lipinski definition) is 1. The first kappa shape index (κ1) is 14.9. The van der Waals surface area contributed by atoms with Gasteiger partial charge in [-0.3, -0.25) is 0 Å². The second-order valence-electron chi connectivity index (χ2n) is 4.60. The third kappa shape index (κ3) is 4.24. The Balaban J connectivity index is 2.80. The van der Waals surface area contributed by atoms with Gasteiger partial charge in [0.2, 0.25) is 0 Å². The van der Waals surface area contributed by atoms with Crippen LogP contribution in [0.1, 0.15) is 31.5 Å². The van der Waals surface area contributed by atoms with Crippen LogP contribution >= 0.6 is 11.3 Å². The number of aromatic nitrogens is 1. The molecule has 1 rings (SSSR count). The number of rotatable bonds is 5. The molecule has 1 heterocycles. The third-order valence-corrected chi connectivity index (χ3v) is 3.62. The maximum Gasteiger partial charge on any atom is 0.0901 e. The molecular formula is C15H21NOS. The Labute approximate surface area is 113 Å². The molecule has 1 aromatic heterocycles. The van der Waals surface area contributed by atoms with Crippen LogP contribution in [-0.4, -0.2) is 16.2 Å². The molecule has 0 aromatic carbocycles. The van der Waals surface area contributed by atoms with Crippen LogP contribution in [0.3, 0.4) is 0 Å². The number of hydrogen-bond acceptors (Lipinski definition) is 3. The zero-order valence-corrected chi connectivity index (χ0v) is 12.3. The minimum Gasteiger partial charge on any atom is -0.388 e. The molecule has 0 aliphatic rings. The summed E-state index contributed by atoms with van der Waals surface area (Å²) in [4.78, 5) is 4.37. The first-order valence-corrected chi connectivity index (χ1v) is 6.91. The average molecular weight is 263 g/mol. The van der Waals surface area contributed by atoms with E-state index in [-0.39, 0.29) is 5.92 Å². The molecule has 1 aromatic rings. The minimum absolute atomic E-state index is 0.0685. The summed E-state index contributed by atoms with van der Waals surface area (Å²) in [5.41, 5.74) is 2.94. The number of aliphatic hydroxyl groups excluding tert-OH is 1. The second-order valence-corrected chi connectivity index (χ2v) is 5.66. The van der Waals surface area contributed by atoms with Crippen LogP contribution in [0.15, 0.2) is 35.3 Å². The van der Waals surface area contributed by atoms with Gasteiger partial charge in [0.1, 0.15) is 0 Å². The lowest BCUT2D eigenvalue weighted by atomic mass is 9.95. The molecule has 0 saturated carbocycles. The molecule has 0 bridgehead atoms. The predicted octanol–water partition coefficient (Wildman–Crippen LogP) is 3.98. The number of allylic oxidation sites excluding steroid dienone is 2. The molecule has 0 fully saturated rings. The van der Waals surface area contributed by atoms with Gasteiger partial charge in [0.15, 0.2) is 0 Å². The smallest absolute Gasteiger partial charge is 0.0901 e. The summed E-state index contributed by atoms with van der Waals surface area (Å²) in [6.45, 7) is 11.6. The molecule has 0 aliphatic carbocycles. The van der Waals surface area contributed by atoms with Gasteiger partial charge in [-0.05, 0) is 32.4 Å². The molecule has 0 spiro atoms. The highest BCUT2D eigenvalue weighted by Gasteiger charge is 2.14. The van der Waals surface area contributed by atoms with Gasteiger partial charge in [-0.25, -0.2) is 4.98 Å². The topological polar surface area (TPSA) is 33.1 Å². The molecule has 1 N–H and O–H groups in total. The molecule has 2 atom stereocenters. The van der Waals surface area contributed by atoms with Crippen LogP contribution < -0.4 is 0 Å². The summed E-state index contributed by atoms with van der Waals surface area (Å²) in [6.07, 6.45) is 5.29. The zero-order valence-electron chi connectivity index (χ0n) is 11.5. The molecule has 0 aliphatic heterocycles. The van der Waals surface area contributed by atoms with E-state index in [9.17, 15) is 5.11 Å². The summed E-state index contributed by atoms with van der Waals surface area (Å²) in [6, 6.07) is 0. The lowest BCUT2D eigenvalue weighted by Crippen LogP contribution is -2.17. The van der Waals surface area contributed by atoms with E-state index < -0.39 is 6.10 Å². The van der Waals surface area contributed by atoms with E-state index in [0.717, 1.165) is 21.8 Å². The van der Waals surface area contributed by atoms with Crippen molar-refractivity contribution in [2.45, 2.75) is 33.8 Å². The van der Waals surface area contributed by atoms with Crippen LogP contribution in [0.25, 0.3) is 6.08 Å². The van der Waals surface area contributed by atoms with E-state index in [4.69, 9.17) is 0 Å². The quantitative estimate of drug-likeness (QED) is 0.815. The van der Waals surface area contributed by atoms with E-state index in [0.29, 0.717) is 0 Å². The van der Waals surface area contributed by atoms with Crippen LogP contribution in [0, 0.1) is 12.8 Å². The monoisotopic (exact) mass is 263 g/mol. The van der Waals surface area contributed by atoms with Gasteiger partial charge in [0.05, 0.1) is 16.8 Å². The fourth-order valence-electron chi connectivity index (χ4n) is 1.75. The highest BCUT2D eigenvalue weighted by Crippen LogP contribution is 2.19. The number of aryl methyl sites for hydroxylation is 1. The van der Waals surface area contributed by atoms with E-state index in [1.54, 1.807) is 17.4 Å². The molecule has 0 unspecified atom stereocenters. The van der Waals surface area contributed by atoms with Crippen LogP contribution in [0.2, 0.25) is 0 Å². The van der Waals surface area contributed by atoms with E-state index in [2.05, 4.69) is 11.6 Å². The maximum atomic E-state index is 10.2. The molecule has 0 radical (unpaired) electrons. The van der Waals surface area contributed by atoms with Gasteiger partial charge >= 0.3 is 0 Å². The molecule has 98 valence electrons. The van der Waals surface area contributed by atoms with Crippen molar-refractivity contribution in [2.75, 3.05) is 0 Å². The number of thiazole rings is 1. The van der Waals surface area contributed by atoms with Gasteiger partial charge in [0, 0.05) is 11.3 Å². The SMILES string of the molecule is C=C/C(C)=C\[C@@H](C)[C@H](O)/C(C)=C/c1csc(C)n1. The van der Waals surface area contributed by atoms with Gasteiger partial charge in [-0.1, -0.05) is 31.2 Å². The predicted molar refractivity (Wildman–Crippen MR) is 79.6 cm³/mol. The fourth-order valence-corrected chi connectivity index (χ4v) is 2.32. The van der Waals surface area contributed by atoms with Crippen molar-refractivity contribution >= 4 is 17.4 Å². The number of aliphatic hydroxyl groups is 1. The van der Waals surface area contributed by atoms with Crippen molar-refractivity contribution in [1.29, 1.82) is 0 Å². The van der Waals surface area contributed by atoms with Gasteiger partial charge in [0.25, 0.3) is 0 Å². The van der Waals surface area contributed by atoms with Crippen molar-refractivity contribution in [1.82, 2.24) is 4.98 Å². The Kier molecular flexibility index (Phi) is 5.51. The fraction of sp³-hybridized carbons (Fsp3) is 0.400. The Morgan fingerprint density at radius 3 is 2.67 bits per heavy atom. The normalized spacial score (nSPS) is 16.5. The standard InChI is InChI=1S/C15H21NOS/c1-6-10(2)7-11(3)15(17)12(4)8-14-9-18-13(5)16-14/h6-9,11,15,17H,1H2,2-5H3/b10-7-,12-8+/t11-,15+/m1/s1. The first-order chi connectivity index (χ1) is 8.43. The van der Waals surface area contributed by atoms with Crippen molar-refractivity contribution in [2.24, 2.45) is 5.92 Å². The summed E-state index contributed by atoms with van der Waals surface area (Å²) in [7, 11) is 0. The van der Waals surface area contributed by atoms with E-state index in [1.807, 2.05) is 45.2 Å².